The van der Waals surface area contributed by atoms with Crippen LogP contribution in [0.2, 0.25) is 0 Å². The number of pyridine rings is 1. The first kappa shape index (κ1) is 13.5. The van der Waals surface area contributed by atoms with Crippen LogP contribution < -0.4 is 0 Å². The van der Waals surface area contributed by atoms with Crippen molar-refractivity contribution in [3.05, 3.63) is 53.2 Å². The van der Waals surface area contributed by atoms with Gasteiger partial charge < -0.3 is 5.11 Å². The number of nitrogens with zero attached hydrogens (tertiary/aromatic N) is 1. The highest BCUT2D eigenvalue weighted by Gasteiger charge is 2.11. The molecule has 19 heavy (non-hydrogen) atoms. The second-order valence-corrected chi connectivity index (χ2v) is 4.89. The Balaban J connectivity index is 2.33. The Kier molecular flexibility index (Phi) is 3.80. The van der Waals surface area contributed by atoms with E-state index in [4.69, 9.17) is 5.11 Å². The summed E-state index contributed by atoms with van der Waals surface area (Å²) in [5.41, 5.74) is 0.761. The zero-order valence-corrected chi connectivity index (χ0v) is 10.7. The maximum atomic E-state index is 13.4. The molecule has 0 amide bonds. The summed E-state index contributed by atoms with van der Waals surface area (Å²) in [6, 6.07) is 5.47. The average molecular weight is 281 g/mol. The zero-order chi connectivity index (χ0) is 14.0. The van der Waals surface area contributed by atoms with Gasteiger partial charge in [-0.1, -0.05) is 17.8 Å². The van der Waals surface area contributed by atoms with Gasteiger partial charge in [-0.2, -0.15) is 0 Å². The Labute approximate surface area is 112 Å². The van der Waals surface area contributed by atoms with Crippen LogP contribution in [0, 0.1) is 18.6 Å². The van der Waals surface area contributed by atoms with Crippen LogP contribution in [-0.2, 0) is 0 Å². The molecule has 3 nitrogen and oxygen atoms in total. The maximum absolute atomic E-state index is 13.4. The summed E-state index contributed by atoms with van der Waals surface area (Å²) in [5.74, 6) is -2.58. The summed E-state index contributed by atoms with van der Waals surface area (Å²) in [5, 5.41) is 9.00. The van der Waals surface area contributed by atoms with Crippen LogP contribution in [0.4, 0.5) is 8.78 Å². The summed E-state index contributed by atoms with van der Waals surface area (Å²) in [7, 11) is 0. The van der Waals surface area contributed by atoms with Crippen LogP contribution in [0.5, 0.6) is 0 Å². The Morgan fingerprint density at radius 3 is 2.68 bits per heavy atom. The van der Waals surface area contributed by atoms with Crippen molar-refractivity contribution in [3.63, 3.8) is 0 Å². The molecule has 0 unspecified atom stereocenters. The van der Waals surface area contributed by atoms with Crippen molar-refractivity contribution < 1.29 is 18.7 Å². The van der Waals surface area contributed by atoms with Crippen LogP contribution in [0.25, 0.3) is 0 Å². The fourth-order valence-electron chi connectivity index (χ4n) is 1.48. The van der Waals surface area contributed by atoms with E-state index in [2.05, 4.69) is 4.98 Å². The number of carbonyl (C=O) groups is 1. The smallest absolute Gasteiger partial charge is 0.335 e. The molecule has 0 aliphatic carbocycles. The Bertz CT molecular complexity index is 647. The predicted molar refractivity (Wildman–Crippen MR) is 66.4 cm³/mol. The van der Waals surface area contributed by atoms with E-state index < -0.39 is 17.6 Å². The van der Waals surface area contributed by atoms with Crippen molar-refractivity contribution in [3.8, 4) is 0 Å². The topological polar surface area (TPSA) is 50.2 Å². The van der Waals surface area contributed by atoms with Gasteiger partial charge in [0, 0.05) is 11.0 Å². The van der Waals surface area contributed by atoms with E-state index in [1.807, 2.05) is 0 Å². The molecule has 0 bridgehead atoms. The van der Waals surface area contributed by atoms with E-state index in [0.717, 1.165) is 24.0 Å². The lowest BCUT2D eigenvalue weighted by Crippen LogP contribution is -1.99. The fourth-order valence-corrected chi connectivity index (χ4v) is 2.28. The molecule has 1 N–H and O–H groups in total. The molecular formula is C13H9F2NO2S. The van der Waals surface area contributed by atoms with Gasteiger partial charge in [-0.05, 0) is 24.6 Å². The molecule has 98 valence electrons. The molecule has 0 fully saturated rings. The van der Waals surface area contributed by atoms with Crippen molar-refractivity contribution in [1.82, 2.24) is 4.98 Å². The molecule has 0 spiro atoms. The fraction of sp³-hybridized carbons (Fsp3) is 0.0769. The van der Waals surface area contributed by atoms with Crippen molar-refractivity contribution in [1.29, 1.82) is 0 Å². The third-order valence-electron chi connectivity index (χ3n) is 2.43. The maximum Gasteiger partial charge on any atom is 0.335 e. The van der Waals surface area contributed by atoms with E-state index in [9.17, 15) is 13.6 Å². The van der Waals surface area contributed by atoms with Gasteiger partial charge in [-0.25, -0.2) is 18.6 Å². The van der Waals surface area contributed by atoms with Crippen LogP contribution in [0.3, 0.4) is 0 Å². The number of benzene rings is 1. The largest absolute Gasteiger partial charge is 0.478 e. The molecule has 2 aromatic rings. The van der Waals surface area contributed by atoms with E-state index in [1.54, 1.807) is 19.1 Å². The minimum absolute atomic E-state index is 0.00147. The van der Waals surface area contributed by atoms with Gasteiger partial charge in [0.15, 0.2) is 5.82 Å². The molecule has 6 heteroatoms. The van der Waals surface area contributed by atoms with Crippen molar-refractivity contribution in [2.45, 2.75) is 16.8 Å². The standard InChI is InChI=1S/C13H9F2NO2S/c1-7-2-3-9(5-10(7)13(17)18)19-12-11(15)4-8(14)6-16-12/h2-6H,1H3,(H,17,18). The lowest BCUT2D eigenvalue weighted by atomic mass is 10.1. The van der Waals surface area contributed by atoms with Crippen molar-refractivity contribution in [2.75, 3.05) is 0 Å². The van der Waals surface area contributed by atoms with Crippen molar-refractivity contribution in [2.24, 2.45) is 0 Å². The SMILES string of the molecule is Cc1ccc(Sc2ncc(F)cc2F)cc1C(=O)O. The molecule has 0 atom stereocenters. The number of carboxylic acid groups (broad SMARTS) is 1. The first-order chi connectivity index (χ1) is 8.97. The highest BCUT2D eigenvalue weighted by molar-refractivity contribution is 7.99. The van der Waals surface area contributed by atoms with Gasteiger partial charge >= 0.3 is 5.97 Å². The molecule has 2 rings (SSSR count). The van der Waals surface area contributed by atoms with Crippen molar-refractivity contribution >= 4 is 17.7 Å². The second kappa shape index (κ2) is 5.36. The molecule has 1 aromatic heterocycles. The summed E-state index contributed by atoms with van der Waals surface area (Å²) in [6.45, 7) is 1.68. The van der Waals surface area contributed by atoms with E-state index in [-0.39, 0.29) is 10.6 Å². The normalized spacial score (nSPS) is 10.5. The molecule has 1 aromatic carbocycles. The minimum atomic E-state index is -1.05. The average Bonchev–Trinajstić information content (AvgIpc) is 2.34. The van der Waals surface area contributed by atoms with Gasteiger partial charge in [-0.15, -0.1) is 0 Å². The third-order valence-corrected chi connectivity index (χ3v) is 3.41. The lowest BCUT2D eigenvalue weighted by molar-refractivity contribution is 0.0696. The van der Waals surface area contributed by atoms with Crippen LogP contribution >= 0.6 is 11.8 Å². The van der Waals surface area contributed by atoms with Gasteiger partial charge in [0.05, 0.1) is 11.8 Å². The summed E-state index contributed by atoms with van der Waals surface area (Å²) in [4.78, 5) is 15.2. The van der Waals surface area contributed by atoms with E-state index in [1.165, 1.54) is 6.07 Å². The Morgan fingerprint density at radius 2 is 2.05 bits per heavy atom. The van der Waals surface area contributed by atoms with Crippen LogP contribution in [-0.4, -0.2) is 16.1 Å². The number of hydrogen-bond acceptors (Lipinski definition) is 3. The van der Waals surface area contributed by atoms with E-state index in [0.29, 0.717) is 10.5 Å². The summed E-state index contributed by atoms with van der Waals surface area (Å²) >= 11 is 0.947. The molecular weight excluding hydrogens is 272 g/mol. The first-order valence-corrected chi connectivity index (χ1v) is 6.12. The molecule has 0 radical (unpaired) electrons. The Morgan fingerprint density at radius 1 is 1.32 bits per heavy atom. The number of rotatable bonds is 3. The highest BCUT2D eigenvalue weighted by Crippen LogP contribution is 2.29. The number of aryl methyl sites for hydroxylation is 1. The monoisotopic (exact) mass is 281 g/mol. The molecule has 0 saturated heterocycles. The van der Waals surface area contributed by atoms with Gasteiger partial charge in [-0.3, -0.25) is 0 Å². The van der Waals surface area contributed by atoms with Gasteiger partial charge in [0.2, 0.25) is 0 Å². The van der Waals surface area contributed by atoms with Gasteiger partial charge in [0.25, 0.3) is 0 Å². The van der Waals surface area contributed by atoms with E-state index >= 15 is 0 Å². The number of aromatic nitrogens is 1. The second-order valence-electron chi connectivity index (χ2n) is 3.82. The van der Waals surface area contributed by atoms with Crippen LogP contribution in [0.15, 0.2) is 40.4 Å². The predicted octanol–water partition coefficient (Wildman–Crippen LogP) is 3.52. The highest BCUT2D eigenvalue weighted by atomic mass is 32.2. The number of hydrogen-bond donors (Lipinski definition) is 1. The Hall–Kier alpha value is -1.95. The summed E-state index contributed by atoms with van der Waals surface area (Å²) < 4.78 is 26.2. The number of aromatic carboxylic acids is 1. The zero-order valence-electron chi connectivity index (χ0n) is 9.85. The lowest BCUT2D eigenvalue weighted by Gasteiger charge is -2.05. The molecule has 1 heterocycles. The number of carboxylic acids is 1. The minimum Gasteiger partial charge on any atom is -0.478 e. The molecule has 0 aliphatic heterocycles. The quantitative estimate of drug-likeness (QED) is 0.935. The third kappa shape index (κ3) is 3.08. The molecule has 0 aliphatic rings. The molecule has 0 saturated carbocycles. The summed E-state index contributed by atoms with van der Waals surface area (Å²) in [6.07, 6.45) is 0.914. The van der Waals surface area contributed by atoms with Crippen LogP contribution in [0.1, 0.15) is 15.9 Å². The number of halogens is 2. The first-order valence-electron chi connectivity index (χ1n) is 5.30. The van der Waals surface area contributed by atoms with Gasteiger partial charge in [0.1, 0.15) is 10.8 Å².